The van der Waals surface area contributed by atoms with E-state index in [-0.39, 0.29) is 11.9 Å². The summed E-state index contributed by atoms with van der Waals surface area (Å²) in [6.07, 6.45) is 1.83. The molecular weight excluding hydrogens is 257 g/mol. The van der Waals surface area contributed by atoms with Crippen LogP contribution in [0.3, 0.4) is 0 Å². The molecule has 20 heavy (non-hydrogen) atoms. The lowest BCUT2D eigenvalue weighted by molar-refractivity contribution is 0.260. The van der Waals surface area contributed by atoms with Crippen molar-refractivity contribution in [2.24, 2.45) is 5.73 Å². The van der Waals surface area contributed by atoms with Gasteiger partial charge in [0.15, 0.2) is 0 Å². The smallest absolute Gasteiger partial charge is 0.150 e. The second-order valence-corrected chi connectivity index (χ2v) is 5.59. The summed E-state index contributed by atoms with van der Waals surface area (Å²) in [5.41, 5.74) is 6.52. The molecule has 2 rings (SSSR count). The Morgan fingerprint density at radius 1 is 1.35 bits per heavy atom. The van der Waals surface area contributed by atoms with Crippen LogP contribution in [0.5, 0.6) is 5.75 Å². The molecule has 0 bridgehead atoms. The molecule has 1 heterocycles. The Kier molecular flexibility index (Phi) is 5.20. The number of anilines is 1. The van der Waals surface area contributed by atoms with Gasteiger partial charge < -0.3 is 20.3 Å². The highest BCUT2D eigenvalue weighted by molar-refractivity contribution is 5.51. The zero-order valence-corrected chi connectivity index (χ0v) is 12.3. The van der Waals surface area contributed by atoms with Crippen LogP contribution in [0.2, 0.25) is 0 Å². The molecule has 0 spiro atoms. The molecule has 0 aliphatic carbocycles. The van der Waals surface area contributed by atoms with Crippen LogP contribution in [0.4, 0.5) is 10.1 Å². The van der Waals surface area contributed by atoms with E-state index in [0.29, 0.717) is 18.0 Å². The van der Waals surface area contributed by atoms with E-state index in [4.69, 9.17) is 10.5 Å². The Bertz CT molecular complexity index is 431. The molecule has 0 aromatic heterocycles. The standard InChI is InChI=1S/C15H24FN3O/c1-18(2)9-10-20-13-3-4-15(14(16)11-13)19-7-5-12(17)6-8-19/h3-4,11-12H,5-10,17H2,1-2H3. The fourth-order valence-corrected chi connectivity index (χ4v) is 2.32. The van der Waals surface area contributed by atoms with E-state index in [1.165, 1.54) is 6.07 Å². The van der Waals surface area contributed by atoms with Crippen LogP contribution in [0, 0.1) is 5.82 Å². The predicted octanol–water partition coefficient (Wildman–Crippen LogP) is 1.69. The van der Waals surface area contributed by atoms with Gasteiger partial charge in [-0.2, -0.15) is 0 Å². The molecule has 1 aliphatic rings. The number of nitrogens with two attached hydrogens (primary N) is 1. The van der Waals surface area contributed by atoms with Gasteiger partial charge in [0.25, 0.3) is 0 Å². The number of piperidine rings is 1. The Balaban J connectivity index is 1.95. The number of hydrogen-bond acceptors (Lipinski definition) is 4. The molecule has 0 atom stereocenters. The molecule has 0 radical (unpaired) electrons. The average Bonchev–Trinajstić information content (AvgIpc) is 2.40. The summed E-state index contributed by atoms with van der Waals surface area (Å²) >= 11 is 0. The minimum Gasteiger partial charge on any atom is -0.492 e. The first-order valence-corrected chi connectivity index (χ1v) is 7.14. The summed E-state index contributed by atoms with van der Waals surface area (Å²) in [6.45, 7) is 3.01. The SMILES string of the molecule is CN(C)CCOc1ccc(N2CCC(N)CC2)c(F)c1. The maximum atomic E-state index is 14.2. The van der Waals surface area contributed by atoms with Crippen molar-refractivity contribution < 1.29 is 9.13 Å². The molecule has 1 saturated heterocycles. The number of benzene rings is 1. The molecular formula is C15H24FN3O. The van der Waals surface area contributed by atoms with E-state index in [2.05, 4.69) is 4.90 Å². The van der Waals surface area contributed by atoms with Gasteiger partial charge in [-0.1, -0.05) is 0 Å². The lowest BCUT2D eigenvalue weighted by atomic mass is 10.1. The predicted molar refractivity (Wildman–Crippen MR) is 79.9 cm³/mol. The van der Waals surface area contributed by atoms with Crippen LogP contribution in [0.15, 0.2) is 18.2 Å². The van der Waals surface area contributed by atoms with Crippen molar-refractivity contribution in [1.29, 1.82) is 0 Å². The summed E-state index contributed by atoms with van der Waals surface area (Å²) in [5, 5.41) is 0. The topological polar surface area (TPSA) is 41.7 Å². The second kappa shape index (κ2) is 6.90. The minimum absolute atomic E-state index is 0.220. The molecule has 0 amide bonds. The van der Waals surface area contributed by atoms with Gasteiger partial charge in [-0.15, -0.1) is 0 Å². The third-order valence-corrected chi connectivity index (χ3v) is 3.61. The monoisotopic (exact) mass is 281 g/mol. The van der Waals surface area contributed by atoms with Crippen molar-refractivity contribution in [1.82, 2.24) is 4.90 Å². The number of hydrogen-bond donors (Lipinski definition) is 1. The molecule has 4 nitrogen and oxygen atoms in total. The van der Waals surface area contributed by atoms with Crippen LogP contribution >= 0.6 is 0 Å². The third-order valence-electron chi connectivity index (χ3n) is 3.61. The van der Waals surface area contributed by atoms with Gasteiger partial charge in [0, 0.05) is 31.7 Å². The summed E-state index contributed by atoms with van der Waals surface area (Å²) < 4.78 is 19.7. The Labute approximate surface area is 120 Å². The first-order valence-electron chi connectivity index (χ1n) is 7.14. The molecule has 1 aliphatic heterocycles. The normalized spacial score (nSPS) is 16.8. The number of halogens is 1. The minimum atomic E-state index is -0.220. The van der Waals surface area contributed by atoms with Crippen LogP contribution < -0.4 is 15.4 Å². The van der Waals surface area contributed by atoms with E-state index in [1.807, 2.05) is 25.1 Å². The van der Waals surface area contributed by atoms with Crippen LogP contribution in [0.1, 0.15) is 12.8 Å². The van der Waals surface area contributed by atoms with E-state index in [0.717, 1.165) is 32.5 Å². The molecule has 112 valence electrons. The number of nitrogens with zero attached hydrogens (tertiary/aromatic N) is 2. The van der Waals surface area contributed by atoms with Gasteiger partial charge in [0.2, 0.25) is 0 Å². The highest BCUT2D eigenvalue weighted by atomic mass is 19.1. The molecule has 2 N–H and O–H groups in total. The van der Waals surface area contributed by atoms with E-state index >= 15 is 0 Å². The largest absolute Gasteiger partial charge is 0.492 e. The van der Waals surface area contributed by atoms with Gasteiger partial charge in [-0.3, -0.25) is 0 Å². The van der Waals surface area contributed by atoms with Crippen LogP contribution in [-0.4, -0.2) is 51.3 Å². The molecule has 0 saturated carbocycles. The highest BCUT2D eigenvalue weighted by Crippen LogP contribution is 2.26. The van der Waals surface area contributed by atoms with Gasteiger partial charge in [-0.25, -0.2) is 4.39 Å². The maximum Gasteiger partial charge on any atom is 0.150 e. The number of ether oxygens (including phenoxy) is 1. The molecule has 1 fully saturated rings. The highest BCUT2D eigenvalue weighted by Gasteiger charge is 2.19. The summed E-state index contributed by atoms with van der Waals surface area (Å²) in [4.78, 5) is 4.09. The van der Waals surface area contributed by atoms with Crippen LogP contribution in [0.25, 0.3) is 0 Å². The van der Waals surface area contributed by atoms with Gasteiger partial charge in [-0.05, 0) is 39.1 Å². The zero-order valence-electron chi connectivity index (χ0n) is 12.3. The van der Waals surface area contributed by atoms with E-state index in [1.54, 1.807) is 6.07 Å². The van der Waals surface area contributed by atoms with Gasteiger partial charge >= 0.3 is 0 Å². The Morgan fingerprint density at radius 3 is 2.65 bits per heavy atom. The summed E-state index contributed by atoms with van der Waals surface area (Å²) in [7, 11) is 3.96. The van der Waals surface area contributed by atoms with Crippen molar-refractivity contribution in [2.45, 2.75) is 18.9 Å². The van der Waals surface area contributed by atoms with Gasteiger partial charge in [0.05, 0.1) is 5.69 Å². The average molecular weight is 281 g/mol. The molecule has 0 unspecified atom stereocenters. The van der Waals surface area contributed by atoms with Gasteiger partial charge in [0.1, 0.15) is 18.2 Å². The lowest BCUT2D eigenvalue weighted by Gasteiger charge is -2.32. The molecule has 1 aromatic carbocycles. The first kappa shape index (κ1) is 15.1. The maximum absolute atomic E-state index is 14.2. The van der Waals surface area contributed by atoms with Crippen molar-refractivity contribution in [3.05, 3.63) is 24.0 Å². The van der Waals surface area contributed by atoms with Crippen molar-refractivity contribution >= 4 is 5.69 Å². The third kappa shape index (κ3) is 4.08. The fraction of sp³-hybridized carbons (Fsp3) is 0.600. The van der Waals surface area contributed by atoms with E-state index < -0.39 is 0 Å². The number of likely N-dealkylation sites (N-methyl/N-ethyl adjacent to an activating group) is 1. The fourth-order valence-electron chi connectivity index (χ4n) is 2.32. The quantitative estimate of drug-likeness (QED) is 0.892. The Hall–Kier alpha value is -1.33. The molecule has 1 aromatic rings. The van der Waals surface area contributed by atoms with Crippen molar-refractivity contribution in [2.75, 3.05) is 45.2 Å². The van der Waals surface area contributed by atoms with Crippen molar-refractivity contribution in [3.8, 4) is 5.75 Å². The zero-order chi connectivity index (χ0) is 14.5. The number of rotatable bonds is 5. The lowest BCUT2D eigenvalue weighted by Crippen LogP contribution is -2.40. The van der Waals surface area contributed by atoms with Crippen molar-refractivity contribution in [3.63, 3.8) is 0 Å². The summed E-state index contributed by atoms with van der Waals surface area (Å²) in [6, 6.07) is 5.36. The van der Waals surface area contributed by atoms with Crippen LogP contribution in [-0.2, 0) is 0 Å². The molecule has 5 heteroatoms. The Morgan fingerprint density at radius 2 is 2.05 bits per heavy atom. The van der Waals surface area contributed by atoms with E-state index in [9.17, 15) is 4.39 Å². The second-order valence-electron chi connectivity index (χ2n) is 5.59. The summed E-state index contributed by atoms with van der Waals surface area (Å²) in [5.74, 6) is 0.365. The first-order chi connectivity index (χ1) is 9.56.